The molecule has 4 heteroatoms. The lowest BCUT2D eigenvalue weighted by Gasteiger charge is -2.39. The first kappa shape index (κ1) is 14.4. The number of nitrogens with one attached hydrogen (secondary N) is 2. The largest absolute Gasteiger partial charge is 0.338 e. The Morgan fingerprint density at radius 1 is 1.10 bits per heavy atom. The van der Waals surface area contributed by atoms with Gasteiger partial charge >= 0.3 is 6.03 Å². The van der Waals surface area contributed by atoms with Crippen LogP contribution in [-0.4, -0.2) is 12.6 Å². The quantitative estimate of drug-likeness (QED) is 0.862. The van der Waals surface area contributed by atoms with Gasteiger partial charge in [0.25, 0.3) is 0 Å². The second kappa shape index (κ2) is 6.46. The fourth-order valence-electron chi connectivity index (χ4n) is 3.98. The van der Waals surface area contributed by atoms with Crippen LogP contribution in [0.5, 0.6) is 0 Å². The highest BCUT2D eigenvalue weighted by Crippen LogP contribution is 2.42. The maximum atomic E-state index is 12.8. The Morgan fingerprint density at radius 2 is 1.76 bits per heavy atom. The van der Waals surface area contributed by atoms with Gasteiger partial charge in [-0.25, -0.2) is 9.18 Å². The van der Waals surface area contributed by atoms with Crippen LogP contribution >= 0.6 is 0 Å². The molecule has 21 heavy (non-hydrogen) atoms. The number of carbonyl (C=O) groups is 1. The average Bonchev–Trinajstić information content (AvgIpc) is 2.47. The van der Waals surface area contributed by atoms with Crippen LogP contribution in [0.1, 0.15) is 38.5 Å². The van der Waals surface area contributed by atoms with Gasteiger partial charge in [0, 0.05) is 12.2 Å². The minimum absolute atomic E-state index is 0.197. The Balaban J connectivity index is 1.44. The molecule has 2 amide bonds. The van der Waals surface area contributed by atoms with Crippen LogP contribution in [0.3, 0.4) is 0 Å². The summed E-state index contributed by atoms with van der Waals surface area (Å²) in [6.07, 6.45) is 8.04. The lowest BCUT2D eigenvalue weighted by molar-refractivity contribution is 0.137. The number of amides is 2. The molecule has 2 atom stereocenters. The number of hydrogen-bond donors (Lipinski definition) is 2. The first-order valence-electron chi connectivity index (χ1n) is 7.99. The Kier molecular flexibility index (Phi) is 4.42. The van der Waals surface area contributed by atoms with Crippen molar-refractivity contribution < 1.29 is 9.18 Å². The van der Waals surface area contributed by atoms with Gasteiger partial charge in [-0.15, -0.1) is 0 Å². The van der Waals surface area contributed by atoms with E-state index in [-0.39, 0.29) is 11.8 Å². The Morgan fingerprint density at radius 3 is 2.43 bits per heavy atom. The average molecular weight is 290 g/mol. The summed E-state index contributed by atoms with van der Waals surface area (Å²) < 4.78 is 12.8. The number of anilines is 1. The number of benzene rings is 1. The summed E-state index contributed by atoms with van der Waals surface area (Å²) >= 11 is 0. The molecule has 114 valence electrons. The van der Waals surface area contributed by atoms with Gasteiger partial charge in [-0.1, -0.05) is 19.3 Å². The summed E-state index contributed by atoms with van der Waals surface area (Å²) in [7, 11) is 0. The standard InChI is InChI=1S/C17H23FN2O/c18-15-4-6-16(7-5-15)20-17(21)19-11-14-9-12-2-1-3-13(8-12)10-14/h4-7,12-14H,1-3,8-11H2,(H2,19,20,21). The first-order valence-corrected chi connectivity index (χ1v) is 7.99. The topological polar surface area (TPSA) is 41.1 Å². The van der Waals surface area contributed by atoms with Gasteiger partial charge in [0.05, 0.1) is 0 Å². The zero-order valence-corrected chi connectivity index (χ0v) is 12.3. The molecule has 0 heterocycles. The molecule has 2 aliphatic carbocycles. The van der Waals surface area contributed by atoms with Gasteiger partial charge in [0.2, 0.25) is 0 Å². The highest BCUT2D eigenvalue weighted by atomic mass is 19.1. The third-order valence-electron chi connectivity index (χ3n) is 4.88. The third kappa shape index (κ3) is 3.96. The van der Waals surface area contributed by atoms with Crippen LogP contribution in [0.2, 0.25) is 0 Å². The van der Waals surface area contributed by atoms with Gasteiger partial charge in [-0.3, -0.25) is 0 Å². The van der Waals surface area contributed by atoms with E-state index in [9.17, 15) is 9.18 Å². The molecule has 3 nitrogen and oxygen atoms in total. The molecular formula is C17H23FN2O. The summed E-state index contributed by atoms with van der Waals surface area (Å²) in [5.41, 5.74) is 0.620. The second-order valence-corrected chi connectivity index (χ2v) is 6.58. The highest BCUT2D eigenvalue weighted by molar-refractivity contribution is 5.89. The number of carbonyl (C=O) groups excluding carboxylic acids is 1. The van der Waals surface area contributed by atoms with Gasteiger partial charge in [0.1, 0.15) is 5.82 Å². The Hall–Kier alpha value is -1.58. The van der Waals surface area contributed by atoms with E-state index < -0.39 is 0 Å². The van der Waals surface area contributed by atoms with E-state index >= 15 is 0 Å². The molecule has 0 aromatic heterocycles. The fraction of sp³-hybridized carbons (Fsp3) is 0.588. The van der Waals surface area contributed by atoms with Gasteiger partial charge < -0.3 is 10.6 Å². The normalized spacial score (nSPS) is 28.0. The SMILES string of the molecule is O=C(NCC1CC2CCCC(C2)C1)Nc1ccc(F)cc1. The summed E-state index contributed by atoms with van der Waals surface area (Å²) in [5.74, 6) is 2.08. The smallest absolute Gasteiger partial charge is 0.319 e. The molecule has 0 saturated heterocycles. The molecular weight excluding hydrogens is 267 g/mol. The van der Waals surface area contributed by atoms with Crippen LogP contribution in [0.15, 0.2) is 24.3 Å². The first-order chi connectivity index (χ1) is 10.2. The van der Waals surface area contributed by atoms with E-state index in [0.717, 1.165) is 18.4 Å². The second-order valence-electron chi connectivity index (χ2n) is 6.58. The van der Waals surface area contributed by atoms with Gasteiger partial charge in [-0.05, 0) is 61.3 Å². The summed E-state index contributed by atoms with van der Waals surface area (Å²) in [6, 6.07) is 5.63. The van der Waals surface area contributed by atoms with E-state index in [1.807, 2.05) is 0 Å². The molecule has 2 aliphatic rings. The number of rotatable bonds is 3. The molecule has 0 spiro atoms. The van der Waals surface area contributed by atoms with Crippen molar-refractivity contribution >= 4 is 11.7 Å². The van der Waals surface area contributed by atoms with E-state index in [1.165, 1.54) is 50.7 Å². The number of fused-ring (bicyclic) bond motifs is 2. The van der Waals surface area contributed by atoms with Crippen molar-refractivity contribution in [2.45, 2.75) is 38.5 Å². The minimum Gasteiger partial charge on any atom is -0.338 e. The van der Waals surface area contributed by atoms with Crippen molar-refractivity contribution in [3.05, 3.63) is 30.1 Å². The monoisotopic (exact) mass is 290 g/mol. The molecule has 2 N–H and O–H groups in total. The fourth-order valence-corrected chi connectivity index (χ4v) is 3.98. The van der Waals surface area contributed by atoms with E-state index in [4.69, 9.17) is 0 Å². The molecule has 2 fully saturated rings. The molecule has 0 aliphatic heterocycles. The van der Waals surface area contributed by atoms with Crippen LogP contribution in [0.25, 0.3) is 0 Å². The molecule has 1 aromatic carbocycles. The molecule has 2 bridgehead atoms. The Labute approximate surface area is 125 Å². The van der Waals surface area contributed by atoms with Crippen molar-refractivity contribution in [1.29, 1.82) is 0 Å². The number of hydrogen-bond acceptors (Lipinski definition) is 1. The van der Waals surface area contributed by atoms with E-state index in [2.05, 4.69) is 10.6 Å². The molecule has 3 rings (SSSR count). The maximum absolute atomic E-state index is 12.8. The summed E-state index contributed by atoms with van der Waals surface area (Å²) in [6.45, 7) is 0.750. The highest BCUT2D eigenvalue weighted by Gasteiger charge is 2.31. The van der Waals surface area contributed by atoms with Gasteiger partial charge in [-0.2, -0.15) is 0 Å². The van der Waals surface area contributed by atoms with Crippen molar-refractivity contribution in [3.63, 3.8) is 0 Å². The summed E-state index contributed by atoms with van der Waals surface area (Å²) in [4.78, 5) is 11.9. The van der Waals surface area contributed by atoms with Crippen LogP contribution in [0, 0.1) is 23.6 Å². The maximum Gasteiger partial charge on any atom is 0.319 e. The summed E-state index contributed by atoms with van der Waals surface area (Å²) in [5, 5.41) is 5.70. The molecule has 2 saturated carbocycles. The van der Waals surface area contributed by atoms with Gasteiger partial charge in [0.15, 0.2) is 0 Å². The van der Waals surface area contributed by atoms with Crippen molar-refractivity contribution in [1.82, 2.24) is 5.32 Å². The molecule has 2 unspecified atom stereocenters. The van der Waals surface area contributed by atoms with E-state index in [1.54, 1.807) is 12.1 Å². The predicted molar refractivity (Wildman–Crippen MR) is 81.6 cm³/mol. The zero-order chi connectivity index (χ0) is 14.7. The molecule has 1 aromatic rings. The third-order valence-corrected chi connectivity index (χ3v) is 4.88. The number of halogens is 1. The van der Waals surface area contributed by atoms with Crippen LogP contribution in [-0.2, 0) is 0 Å². The van der Waals surface area contributed by atoms with Crippen molar-refractivity contribution in [2.24, 2.45) is 17.8 Å². The lowest BCUT2D eigenvalue weighted by Crippen LogP contribution is -2.37. The predicted octanol–water partition coefficient (Wildman–Crippen LogP) is 4.16. The van der Waals surface area contributed by atoms with Crippen molar-refractivity contribution in [3.8, 4) is 0 Å². The van der Waals surface area contributed by atoms with Crippen molar-refractivity contribution in [2.75, 3.05) is 11.9 Å². The number of urea groups is 1. The lowest BCUT2D eigenvalue weighted by atomic mass is 9.68. The minimum atomic E-state index is -0.297. The van der Waals surface area contributed by atoms with Crippen LogP contribution in [0.4, 0.5) is 14.9 Å². The molecule has 0 radical (unpaired) electrons. The zero-order valence-electron chi connectivity index (χ0n) is 12.3. The van der Waals surface area contributed by atoms with E-state index in [0.29, 0.717) is 11.6 Å². The Bertz CT molecular complexity index is 476. The van der Waals surface area contributed by atoms with Crippen LogP contribution < -0.4 is 10.6 Å².